The summed E-state index contributed by atoms with van der Waals surface area (Å²) in [6.45, 7) is 1.89. The third-order valence-electron chi connectivity index (χ3n) is 4.20. The van der Waals surface area contributed by atoms with Crippen LogP contribution in [0.15, 0.2) is 47.5 Å². The summed E-state index contributed by atoms with van der Waals surface area (Å²) in [4.78, 5) is 25.6. The van der Waals surface area contributed by atoms with Crippen LogP contribution in [0.4, 0.5) is 13.2 Å². The molecule has 7 heteroatoms. The molecule has 0 unspecified atom stereocenters. The summed E-state index contributed by atoms with van der Waals surface area (Å²) in [5, 5.41) is 6.76. The van der Waals surface area contributed by atoms with Crippen LogP contribution in [0.25, 0.3) is 0 Å². The fourth-order valence-electron chi connectivity index (χ4n) is 2.97. The zero-order valence-electron chi connectivity index (χ0n) is 13.9. The molecule has 1 aromatic carbocycles. The molecule has 26 heavy (non-hydrogen) atoms. The maximum Gasteiger partial charge on any atom is 0.435 e. The van der Waals surface area contributed by atoms with Gasteiger partial charge in [0, 0.05) is 28.7 Å². The van der Waals surface area contributed by atoms with Gasteiger partial charge in [-0.3, -0.25) is 9.59 Å². The monoisotopic (exact) mass is 360 g/mol. The van der Waals surface area contributed by atoms with Crippen molar-refractivity contribution in [1.82, 2.24) is 10.2 Å². The second-order valence-corrected chi connectivity index (χ2v) is 6.00. The zero-order chi connectivity index (χ0) is 18.9. The lowest BCUT2D eigenvalue weighted by Crippen LogP contribution is -2.23. The van der Waals surface area contributed by atoms with Crippen molar-refractivity contribution >= 4 is 11.6 Å². The van der Waals surface area contributed by atoms with E-state index < -0.39 is 11.9 Å². The highest BCUT2D eigenvalue weighted by Crippen LogP contribution is 2.31. The van der Waals surface area contributed by atoms with Gasteiger partial charge in [0.2, 0.25) is 0 Å². The van der Waals surface area contributed by atoms with Crippen LogP contribution in [0.3, 0.4) is 0 Å². The van der Waals surface area contributed by atoms with Gasteiger partial charge in [-0.1, -0.05) is 37.6 Å². The summed E-state index contributed by atoms with van der Waals surface area (Å²) in [6, 6.07) is 8.57. The van der Waals surface area contributed by atoms with Crippen LogP contribution in [0.2, 0.25) is 0 Å². The number of nitrogens with zero attached hydrogens (tertiary/aromatic N) is 2. The SMILES string of the molecule is CCCC1=C(Cc2ccc(C(F)(F)F)nn2)C(=O)c2ccccc2C1=O. The normalized spacial score (nSPS) is 14.6. The third kappa shape index (κ3) is 3.29. The molecule has 2 aromatic rings. The molecule has 0 saturated carbocycles. The number of hydrogen-bond donors (Lipinski definition) is 0. The number of alkyl halides is 3. The molecule has 0 fully saturated rings. The van der Waals surface area contributed by atoms with Crippen LogP contribution in [0.5, 0.6) is 0 Å². The third-order valence-corrected chi connectivity index (χ3v) is 4.20. The molecule has 0 amide bonds. The molecule has 0 N–H and O–H groups in total. The highest BCUT2D eigenvalue weighted by molar-refractivity contribution is 6.27. The van der Waals surface area contributed by atoms with Crippen molar-refractivity contribution in [3.63, 3.8) is 0 Å². The molecule has 3 rings (SSSR count). The van der Waals surface area contributed by atoms with Crippen molar-refractivity contribution < 1.29 is 22.8 Å². The van der Waals surface area contributed by atoms with E-state index in [1.54, 1.807) is 24.3 Å². The second-order valence-electron chi connectivity index (χ2n) is 6.00. The average Bonchev–Trinajstić information content (AvgIpc) is 2.62. The average molecular weight is 360 g/mol. The first-order valence-electron chi connectivity index (χ1n) is 8.13. The lowest BCUT2D eigenvalue weighted by molar-refractivity contribution is -0.141. The lowest BCUT2D eigenvalue weighted by atomic mass is 9.81. The number of allylic oxidation sites excluding steroid dienone is 2. The number of hydrogen-bond acceptors (Lipinski definition) is 4. The Morgan fingerprint density at radius 1 is 0.885 bits per heavy atom. The van der Waals surface area contributed by atoms with Gasteiger partial charge in [-0.2, -0.15) is 18.3 Å². The fraction of sp³-hybridized carbons (Fsp3) is 0.263. The van der Waals surface area contributed by atoms with E-state index in [0.29, 0.717) is 29.5 Å². The molecule has 0 saturated heterocycles. The Labute approximate surface area is 147 Å². The van der Waals surface area contributed by atoms with Crippen molar-refractivity contribution in [2.45, 2.75) is 32.4 Å². The van der Waals surface area contributed by atoms with Gasteiger partial charge in [0.1, 0.15) is 0 Å². The Balaban J connectivity index is 1.99. The van der Waals surface area contributed by atoms with Crippen LogP contribution in [0, 0.1) is 0 Å². The van der Waals surface area contributed by atoms with E-state index in [2.05, 4.69) is 10.2 Å². The highest BCUT2D eigenvalue weighted by atomic mass is 19.4. The molecule has 1 aliphatic rings. The Morgan fingerprint density at radius 2 is 1.50 bits per heavy atom. The van der Waals surface area contributed by atoms with E-state index in [1.165, 1.54) is 6.07 Å². The van der Waals surface area contributed by atoms with E-state index in [4.69, 9.17) is 0 Å². The quantitative estimate of drug-likeness (QED) is 0.819. The molecule has 0 radical (unpaired) electrons. The summed E-state index contributed by atoms with van der Waals surface area (Å²) >= 11 is 0. The van der Waals surface area contributed by atoms with Crippen molar-refractivity contribution in [1.29, 1.82) is 0 Å². The first-order valence-corrected chi connectivity index (χ1v) is 8.13. The smallest absolute Gasteiger partial charge is 0.289 e. The lowest BCUT2D eigenvalue weighted by Gasteiger charge is -2.20. The molecule has 134 valence electrons. The number of Topliss-reactive ketones (excluding diaryl/α,β-unsaturated/α-hetero) is 2. The molecule has 0 spiro atoms. The van der Waals surface area contributed by atoms with Crippen LogP contribution < -0.4 is 0 Å². The minimum Gasteiger partial charge on any atom is -0.289 e. The Hall–Kier alpha value is -2.83. The highest BCUT2D eigenvalue weighted by Gasteiger charge is 2.34. The van der Waals surface area contributed by atoms with Gasteiger partial charge < -0.3 is 0 Å². The molecular formula is C19H15F3N2O2. The van der Waals surface area contributed by atoms with Crippen molar-refractivity contribution in [2.75, 3.05) is 0 Å². The Morgan fingerprint density at radius 3 is 2.00 bits per heavy atom. The van der Waals surface area contributed by atoms with Gasteiger partial charge >= 0.3 is 6.18 Å². The zero-order valence-corrected chi connectivity index (χ0v) is 13.9. The minimum absolute atomic E-state index is 0.0284. The van der Waals surface area contributed by atoms with E-state index >= 15 is 0 Å². The summed E-state index contributed by atoms with van der Waals surface area (Å²) in [5.74, 6) is -0.498. The molecule has 1 aliphatic carbocycles. The van der Waals surface area contributed by atoms with Gasteiger partial charge in [0.25, 0.3) is 0 Å². The number of aromatic nitrogens is 2. The van der Waals surface area contributed by atoms with Crippen LogP contribution in [0.1, 0.15) is 51.9 Å². The van der Waals surface area contributed by atoms with Gasteiger partial charge in [-0.25, -0.2) is 0 Å². The molecule has 4 nitrogen and oxygen atoms in total. The first-order chi connectivity index (χ1) is 12.3. The van der Waals surface area contributed by atoms with Crippen molar-refractivity contribution in [3.8, 4) is 0 Å². The largest absolute Gasteiger partial charge is 0.435 e. The number of ketones is 2. The summed E-state index contributed by atoms with van der Waals surface area (Å²) < 4.78 is 37.8. The molecule has 0 aliphatic heterocycles. The van der Waals surface area contributed by atoms with Crippen molar-refractivity contribution in [2.24, 2.45) is 0 Å². The van der Waals surface area contributed by atoms with E-state index in [-0.39, 0.29) is 29.3 Å². The second kappa shape index (κ2) is 6.82. The van der Waals surface area contributed by atoms with Gasteiger partial charge in [-0.05, 0) is 18.6 Å². The number of halogens is 3. The summed E-state index contributed by atoms with van der Waals surface area (Å²) in [5.41, 5.74) is 0.473. The molecule has 0 atom stereocenters. The van der Waals surface area contributed by atoms with Crippen LogP contribution in [-0.4, -0.2) is 21.8 Å². The number of carbonyl (C=O) groups excluding carboxylic acids is 2. The first kappa shape index (κ1) is 18.0. The number of carbonyl (C=O) groups is 2. The van der Waals surface area contributed by atoms with Gasteiger partial charge in [0.15, 0.2) is 17.3 Å². The predicted octanol–water partition coefficient (Wildman–Crippen LogP) is 4.21. The Bertz CT molecular complexity index is 900. The molecule has 0 bridgehead atoms. The van der Waals surface area contributed by atoms with Gasteiger partial charge in [0.05, 0.1) is 5.69 Å². The predicted molar refractivity (Wildman–Crippen MR) is 87.8 cm³/mol. The van der Waals surface area contributed by atoms with E-state index in [9.17, 15) is 22.8 Å². The van der Waals surface area contributed by atoms with Crippen molar-refractivity contribution in [3.05, 3.63) is 70.1 Å². The molecule has 1 aromatic heterocycles. The fourth-order valence-corrected chi connectivity index (χ4v) is 2.97. The van der Waals surface area contributed by atoms with Gasteiger partial charge in [-0.15, -0.1) is 5.10 Å². The summed E-state index contributed by atoms with van der Waals surface area (Å²) in [7, 11) is 0. The maximum atomic E-state index is 12.8. The molecule has 1 heterocycles. The van der Waals surface area contributed by atoms with E-state index in [1.807, 2.05) is 6.92 Å². The number of fused-ring (bicyclic) bond motifs is 1. The van der Waals surface area contributed by atoms with Crippen LogP contribution >= 0.6 is 0 Å². The maximum absolute atomic E-state index is 12.8. The Kier molecular flexibility index (Phi) is 4.71. The van der Waals surface area contributed by atoms with Crippen LogP contribution in [-0.2, 0) is 12.6 Å². The summed E-state index contributed by atoms with van der Waals surface area (Å²) in [6.07, 6.45) is -3.52. The number of benzene rings is 1. The van der Waals surface area contributed by atoms with E-state index in [0.717, 1.165) is 6.07 Å². The minimum atomic E-state index is -4.58. The topological polar surface area (TPSA) is 59.9 Å². The molecular weight excluding hydrogens is 345 g/mol. The number of rotatable bonds is 4. The standard InChI is InChI=1S/C19H15F3N2O2/c1-2-5-12-15(10-11-8-9-16(24-23-11)19(20,21)22)18(26)14-7-4-3-6-13(14)17(12)25/h3-4,6-9H,2,5,10H2,1H3.